The van der Waals surface area contributed by atoms with E-state index in [9.17, 15) is 4.79 Å². The topological polar surface area (TPSA) is 65.4 Å². The monoisotopic (exact) mass is 303 g/mol. The fraction of sp³-hybridized carbons (Fsp3) is 0.500. The summed E-state index contributed by atoms with van der Waals surface area (Å²) in [4.78, 5) is 16.6. The van der Waals surface area contributed by atoms with Crippen molar-refractivity contribution in [3.63, 3.8) is 0 Å². The van der Waals surface area contributed by atoms with Gasteiger partial charge in [-0.25, -0.2) is 4.98 Å². The van der Waals surface area contributed by atoms with Gasteiger partial charge < -0.3 is 19.4 Å². The van der Waals surface area contributed by atoms with Crippen molar-refractivity contribution in [2.75, 3.05) is 26.4 Å². The molecule has 118 valence electrons. The molecular formula is C16H21N3O3. The second kappa shape index (κ2) is 6.89. The summed E-state index contributed by atoms with van der Waals surface area (Å²) in [6.07, 6.45) is 0.209. The zero-order valence-corrected chi connectivity index (χ0v) is 12.7. The molecule has 1 amide bonds. The predicted molar refractivity (Wildman–Crippen MR) is 82.7 cm³/mol. The normalized spacial score (nSPS) is 18.5. The molecule has 6 heteroatoms. The van der Waals surface area contributed by atoms with Crippen molar-refractivity contribution < 1.29 is 14.3 Å². The molecule has 1 N–H and O–H groups in total. The smallest absolute Gasteiger partial charge is 0.251 e. The van der Waals surface area contributed by atoms with Gasteiger partial charge in [0.05, 0.1) is 30.9 Å². The summed E-state index contributed by atoms with van der Waals surface area (Å²) >= 11 is 0. The Morgan fingerprint density at radius 1 is 1.41 bits per heavy atom. The highest BCUT2D eigenvalue weighted by molar-refractivity contribution is 5.81. The Kier molecular flexibility index (Phi) is 4.70. The fourth-order valence-corrected chi connectivity index (χ4v) is 2.72. The van der Waals surface area contributed by atoms with E-state index in [0.717, 1.165) is 23.4 Å². The first-order chi connectivity index (χ1) is 10.8. The zero-order chi connectivity index (χ0) is 15.4. The summed E-state index contributed by atoms with van der Waals surface area (Å²) in [5.74, 6) is 0.878. The molecular weight excluding hydrogens is 282 g/mol. The molecule has 3 rings (SSSR count). The van der Waals surface area contributed by atoms with Crippen molar-refractivity contribution >= 4 is 16.9 Å². The number of nitrogens with zero attached hydrogens (tertiary/aromatic N) is 2. The average molecular weight is 303 g/mol. The van der Waals surface area contributed by atoms with E-state index < -0.39 is 6.10 Å². The SMILES string of the molecule is CCn1c(CCNC(=O)[C@@H]2COCCO2)nc2ccccc21. The number of aryl methyl sites for hydroxylation is 1. The highest BCUT2D eigenvalue weighted by atomic mass is 16.6. The highest BCUT2D eigenvalue weighted by Gasteiger charge is 2.22. The van der Waals surface area contributed by atoms with Gasteiger partial charge in [-0.2, -0.15) is 0 Å². The van der Waals surface area contributed by atoms with Crippen LogP contribution in [0.5, 0.6) is 0 Å². The molecule has 0 aliphatic carbocycles. The third kappa shape index (κ3) is 3.13. The molecule has 1 atom stereocenters. The molecule has 6 nitrogen and oxygen atoms in total. The minimum atomic E-state index is -0.487. The first-order valence-electron chi connectivity index (χ1n) is 7.70. The quantitative estimate of drug-likeness (QED) is 0.899. The van der Waals surface area contributed by atoms with Gasteiger partial charge in [0, 0.05) is 19.5 Å². The maximum atomic E-state index is 12.0. The van der Waals surface area contributed by atoms with Crippen LogP contribution in [0.4, 0.5) is 0 Å². The minimum absolute atomic E-state index is 0.112. The largest absolute Gasteiger partial charge is 0.376 e. The van der Waals surface area contributed by atoms with Crippen LogP contribution in [0, 0.1) is 0 Å². The van der Waals surface area contributed by atoms with Crippen LogP contribution < -0.4 is 5.32 Å². The molecule has 1 fully saturated rings. The van der Waals surface area contributed by atoms with E-state index in [-0.39, 0.29) is 5.91 Å². The van der Waals surface area contributed by atoms with Gasteiger partial charge in [0.15, 0.2) is 6.10 Å². The Labute approximate surface area is 129 Å². The number of fused-ring (bicyclic) bond motifs is 1. The Bertz CT molecular complexity index is 647. The van der Waals surface area contributed by atoms with Crippen molar-refractivity contribution in [3.05, 3.63) is 30.1 Å². The van der Waals surface area contributed by atoms with Crippen molar-refractivity contribution in [2.24, 2.45) is 0 Å². The lowest BCUT2D eigenvalue weighted by Crippen LogP contribution is -2.43. The van der Waals surface area contributed by atoms with Crippen LogP contribution in [0.3, 0.4) is 0 Å². The molecule has 1 aromatic heterocycles. The summed E-state index contributed by atoms with van der Waals surface area (Å²) in [6.45, 7) is 4.88. The second-order valence-electron chi connectivity index (χ2n) is 5.24. The molecule has 0 unspecified atom stereocenters. The van der Waals surface area contributed by atoms with Crippen molar-refractivity contribution in [2.45, 2.75) is 26.0 Å². The van der Waals surface area contributed by atoms with Crippen molar-refractivity contribution in [1.29, 1.82) is 0 Å². The number of amides is 1. The van der Waals surface area contributed by atoms with Gasteiger partial charge in [-0.05, 0) is 19.1 Å². The molecule has 0 bridgehead atoms. The van der Waals surface area contributed by atoms with E-state index in [4.69, 9.17) is 9.47 Å². The first-order valence-corrected chi connectivity index (χ1v) is 7.70. The van der Waals surface area contributed by atoms with Gasteiger partial charge in [0.2, 0.25) is 0 Å². The van der Waals surface area contributed by atoms with Crippen LogP contribution in [0.25, 0.3) is 11.0 Å². The van der Waals surface area contributed by atoms with Gasteiger partial charge in [-0.15, -0.1) is 0 Å². The van der Waals surface area contributed by atoms with Gasteiger partial charge in [-0.1, -0.05) is 12.1 Å². The summed E-state index contributed by atoms with van der Waals surface area (Å²) < 4.78 is 12.8. The van der Waals surface area contributed by atoms with Crippen LogP contribution in [0.1, 0.15) is 12.7 Å². The molecule has 1 aromatic carbocycles. The summed E-state index contributed by atoms with van der Waals surface area (Å²) in [7, 11) is 0. The van der Waals surface area contributed by atoms with Gasteiger partial charge in [0.25, 0.3) is 5.91 Å². The number of hydrogen-bond acceptors (Lipinski definition) is 4. The molecule has 2 heterocycles. The molecule has 0 saturated carbocycles. The summed E-state index contributed by atoms with van der Waals surface area (Å²) in [5.41, 5.74) is 2.13. The van der Waals surface area contributed by atoms with Gasteiger partial charge in [-0.3, -0.25) is 4.79 Å². The second-order valence-corrected chi connectivity index (χ2v) is 5.24. The number of hydrogen-bond donors (Lipinski definition) is 1. The maximum absolute atomic E-state index is 12.0. The van der Waals surface area contributed by atoms with Crippen LogP contribution in [0.15, 0.2) is 24.3 Å². The molecule has 0 radical (unpaired) electrons. The lowest BCUT2D eigenvalue weighted by molar-refractivity contribution is -0.147. The lowest BCUT2D eigenvalue weighted by Gasteiger charge is -2.22. The number of carbonyl (C=O) groups is 1. The Morgan fingerprint density at radius 2 is 2.27 bits per heavy atom. The number of ether oxygens (including phenoxy) is 2. The fourth-order valence-electron chi connectivity index (χ4n) is 2.72. The maximum Gasteiger partial charge on any atom is 0.251 e. The highest BCUT2D eigenvalue weighted by Crippen LogP contribution is 2.16. The van der Waals surface area contributed by atoms with E-state index in [1.54, 1.807) is 0 Å². The van der Waals surface area contributed by atoms with E-state index >= 15 is 0 Å². The molecule has 1 aliphatic heterocycles. The number of rotatable bonds is 5. The third-order valence-corrected chi connectivity index (χ3v) is 3.81. The standard InChI is InChI=1S/C16H21N3O3/c1-2-19-13-6-4-3-5-12(13)18-15(19)7-8-17-16(20)14-11-21-9-10-22-14/h3-6,14H,2,7-11H2,1H3,(H,17,20)/t14-/m0/s1. The van der Waals surface area contributed by atoms with E-state index in [1.807, 2.05) is 18.2 Å². The number of nitrogens with one attached hydrogen (secondary N) is 1. The predicted octanol–water partition coefficient (Wildman–Crippen LogP) is 1.13. The zero-order valence-electron chi connectivity index (χ0n) is 12.7. The van der Waals surface area contributed by atoms with E-state index in [0.29, 0.717) is 32.8 Å². The Balaban J connectivity index is 1.60. The van der Waals surface area contributed by atoms with Crippen LogP contribution in [-0.4, -0.2) is 47.9 Å². The van der Waals surface area contributed by atoms with E-state index in [1.165, 1.54) is 0 Å². The number of benzene rings is 1. The third-order valence-electron chi connectivity index (χ3n) is 3.81. The van der Waals surface area contributed by atoms with Crippen LogP contribution in [-0.2, 0) is 27.2 Å². The average Bonchev–Trinajstić information content (AvgIpc) is 2.93. The minimum Gasteiger partial charge on any atom is -0.376 e. The number of para-hydroxylation sites is 2. The lowest BCUT2D eigenvalue weighted by atomic mass is 10.3. The molecule has 1 saturated heterocycles. The Morgan fingerprint density at radius 3 is 3.05 bits per heavy atom. The number of aromatic nitrogens is 2. The summed E-state index contributed by atoms with van der Waals surface area (Å²) in [6, 6.07) is 8.08. The van der Waals surface area contributed by atoms with Crippen LogP contribution >= 0.6 is 0 Å². The first kappa shape index (κ1) is 15.0. The van der Waals surface area contributed by atoms with Gasteiger partial charge in [0.1, 0.15) is 5.82 Å². The molecule has 22 heavy (non-hydrogen) atoms. The molecule has 2 aromatic rings. The number of carbonyl (C=O) groups excluding carboxylic acids is 1. The van der Waals surface area contributed by atoms with Crippen LogP contribution in [0.2, 0.25) is 0 Å². The Hall–Kier alpha value is -1.92. The summed E-state index contributed by atoms with van der Waals surface area (Å²) in [5, 5.41) is 2.90. The van der Waals surface area contributed by atoms with Gasteiger partial charge >= 0.3 is 0 Å². The van der Waals surface area contributed by atoms with Crippen molar-refractivity contribution in [1.82, 2.24) is 14.9 Å². The molecule has 1 aliphatic rings. The van der Waals surface area contributed by atoms with Crippen molar-refractivity contribution in [3.8, 4) is 0 Å². The number of imidazole rings is 1. The van der Waals surface area contributed by atoms with E-state index in [2.05, 4.69) is 27.9 Å². The molecule has 0 spiro atoms.